The summed E-state index contributed by atoms with van der Waals surface area (Å²) in [7, 11) is 0. The summed E-state index contributed by atoms with van der Waals surface area (Å²) in [5.74, 6) is 0.293. The van der Waals surface area contributed by atoms with Crippen LogP contribution in [0.15, 0.2) is 0 Å². The third-order valence-electron chi connectivity index (χ3n) is 2.23. The highest BCUT2D eigenvalue weighted by Gasteiger charge is 2.14. The fourth-order valence-corrected chi connectivity index (χ4v) is 1.53. The van der Waals surface area contributed by atoms with Crippen LogP contribution in [0.3, 0.4) is 0 Å². The van der Waals surface area contributed by atoms with Crippen molar-refractivity contribution in [3.63, 3.8) is 0 Å². The monoisotopic (exact) mass is 170 g/mol. The normalized spacial score (nSPS) is 25.7. The van der Waals surface area contributed by atoms with Gasteiger partial charge in [0.15, 0.2) is 0 Å². The summed E-state index contributed by atoms with van der Waals surface area (Å²) < 4.78 is 0. The molecule has 0 aromatic carbocycles. The Hall–Kier alpha value is -0.410. The summed E-state index contributed by atoms with van der Waals surface area (Å²) in [6, 6.07) is 0.575. The van der Waals surface area contributed by atoms with E-state index in [-0.39, 0.29) is 0 Å². The second-order valence-corrected chi connectivity index (χ2v) is 3.61. The van der Waals surface area contributed by atoms with Gasteiger partial charge in [0.25, 0.3) is 0 Å². The molecule has 3 nitrogen and oxygen atoms in total. The summed E-state index contributed by atoms with van der Waals surface area (Å²) >= 11 is 0. The highest BCUT2D eigenvalue weighted by Crippen LogP contribution is 1.99. The Morgan fingerprint density at radius 2 is 2.42 bits per heavy atom. The predicted octanol–water partition coefficient (Wildman–Crippen LogP) is 0.259. The van der Waals surface area contributed by atoms with Gasteiger partial charge in [-0.05, 0) is 13.8 Å². The Balaban J connectivity index is 2.18. The van der Waals surface area contributed by atoms with E-state index in [1.54, 1.807) is 6.92 Å². The van der Waals surface area contributed by atoms with Crippen LogP contribution in [-0.4, -0.2) is 42.9 Å². The summed E-state index contributed by atoms with van der Waals surface area (Å²) in [5.41, 5.74) is 0. The molecule has 1 heterocycles. The quantitative estimate of drug-likeness (QED) is 0.659. The van der Waals surface area contributed by atoms with Crippen molar-refractivity contribution in [2.75, 3.05) is 26.2 Å². The molecule has 1 saturated heterocycles. The molecule has 0 radical (unpaired) electrons. The third kappa shape index (κ3) is 3.32. The van der Waals surface area contributed by atoms with Crippen LogP contribution in [0, 0.1) is 0 Å². The Kier molecular flexibility index (Phi) is 3.69. The van der Waals surface area contributed by atoms with Gasteiger partial charge < -0.3 is 10.2 Å². The van der Waals surface area contributed by atoms with Gasteiger partial charge >= 0.3 is 0 Å². The number of hydrogen-bond acceptors (Lipinski definition) is 3. The number of Topliss-reactive ketones (excluding diaryl/α,β-unsaturated/α-hetero) is 1. The van der Waals surface area contributed by atoms with Crippen LogP contribution in [0.4, 0.5) is 0 Å². The zero-order chi connectivity index (χ0) is 8.97. The number of hydrogen-bond donors (Lipinski definition) is 1. The van der Waals surface area contributed by atoms with E-state index in [0.29, 0.717) is 18.2 Å². The lowest BCUT2D eigenvalue weighted by Gasteiger charge is -2.31. The molecular weight excluding hydrogens is 152 g/mol. The number of nitrogens with one attached hydrogen (secondary N) is 1. The van der Waals surface area contributed by atoms with E-state index >= 15 is 0 Å². The molecule has 0 bridgehead atoms. The molecule has 1 rings (SSSR count). The number of nitrogens with zero attached hydrogens (tertiary/aromatic N) is 1. The molecule has 0 aliphatic carbocycles. The van der Waals surface area contributed by atoms with Gasteiger partial charge in [-0.1, -0.05) is 0 Å². The molecular formula is C9H18N2O. The maximum absolute atomic E-state index is 10.7. The molecule has 0 aromatic heterocycles. The molecule has 3 heteroatoms. The number of carbonyl (C=O) groups is 1. The molecule has 12 heavy (non-hydrogen) atoms. The van der Waals surface area contributed by atoms with Crippen LogP contribution in [-0.2, 0) is 4.79 Å². The van der Waals surface area contributed by atoms with Crippen molar-refractivity contribution in [3.8, 4) is 0 Å². The van der Waals surface area contributed by atoms with E-state index in [1.807, 2.05) is 0 Å². The first kappa shape index (κ1) is 9.68. The topological polar surface area (TPSA) is 32.3 Å². The van der Waals surface area contributed by atoms with Gasteiger partial charge in [-0.15, -0.1) is 0 Å². The van der Waals surface area contributed by atoms with E-state index in [4.69, 9.17) is 0 Å². The molecule has 0 aromatic rings. The fourth-order valence-electron chi connectivity index (χ4n) is 1.53. The minimum atomic E-state index is 0.293. The van der Waals surface area contributed by atoms with Gasteiger partial charge in [-0.25, -0.2) is 0 Å². The minimum Gasteiger partial charge on any atom is -0.312 e. The van der Waals surface area contributed by atoms with Crippen LogP contribution < -0.4 is 5.32 Å². The van der Waals surface area contributed by atoms with Gasteiger partial charge in [0.2, 0.25) is 0 Å². The van der Waals surface area contributed by atoms with Gasteiger partial charge in [0.1, 0.15) is 5.78 Å². The summed E-state index contributed by atoms with van der Waals surface area (Å²) in [6.45, 7) is 7.98. The lowest BCUT2D eigenvalue weighted by Crippen LogP contribution is -2.49. The molecule has 70 valence electrons. The Morgan fingerprint density at radius 1 is 1.67 bits per heavy atom. The zero-order valence-electron chi connectivity index (χ0n) is 7.97. The first-order valence-electron chi connectivity index (χ1n) is 4.63. The van der Waals surface area contributed by atoms with Crippen molar-refractivity contribution < 1.29 is 4.79 Å². The molecule has 1 N–H and O–H groups in total. The lowest BCUT2D eigenvalue weighted by atomic mass is 10.2. The molecule has 0 amide bonds. The average Bonchev–Trinajstić information content (AvgIpc) is 2.01. The fraction of sp³-hybridized carbons (Fsp3) is 0.889. The summed E-state index contributed by atoms with van der Waals surface area (Å²) in [6.07, 6.45) is 0.701. The third-order valence-corrected chi connectivity index (χ3v) is 2.23. The van der Waals surface area contributed by atoms with E-state index in [2.05, 4.69) is 17.1 Å². The first-order chi connectivity index (χ1) is 5.68. The first-order valence-corrected chi connectivity index (χ1v) is 4.63. The van der Waals surface area contributed by atoms with Gasteiger partial charge in [0, 0.05) is 38.6 Å². The minimum absolute atomic E-state index is 0.293. The molecule has 1 atom stereocenters. The van der Waals surface area contributed by atoms with Crippen molar-refractivity contribution in [2.45, 2.75) is 26.3 Å². The molecule has 1 unspecified atom stereocenters. The van der Waals surface area contributed by atoms with Crippen LogP contribution in [0.2, 0.25) is 0 Å². The smallest absolute Gasteiger partial charge is 0.131 e. The van der Waals surface area contributed by atoms with E-state index < -0.39 is 0 Å². The van der Waals surface area contributed by atoms with Crippen LogP contribution in [0.25, 0.3) is 0 Å². The van der Waals surface area contributed by atoms with Crippen LogP contribution in [0.1, 0.15) is 20.3 Å². The van der Waals surface area contributed by atoms with Crippen LogP contribution >= 0.6 is 0 Å². The predicted molar refractivity (Wildman–Crippen MR) is 49.2 cm³/mol. The highest BCUT2D eigenvalue weighted by atomic mass is 16.1. The average molecular weight is 170 g/mol. The Bertz CT molecular complexity index is 159. The standard InChI is InChI=1S/C9H18N2O/c1-8-7-11(6-4-10-8)5-3-9(2)12/h8,10H,3-7H2,1-2H3. The van der Waals surface area contributed by atoms with Crippen molar-refractivity contribution in [1.29, 1.82) is 0 Å². The van der Waals surface area contributed by atoms with E-state index in [0.717, 1.165) is 26.2 Å². The highest BCUT2D eigenvalue weighted by molar-refractivity contribution is 5.75. The summed E-state index contributed by atoms with van der Waals surface area (Å²) in [4.78, 5) is 13.1. The van der Waals surface area contributed by atoms with Crippen LogP contribution in [0.5, 0.6) is 0 Å². The van der Waals surface area contributed by atoms with Gasteiger partial charge in [-0.2, -0.15) is 0 Å². The van der Waals surface area contributed by atoms with Crippen molar-refractivity contribution >= 4 is 5.78 Å². The second-order valence-electron chi connectivity index (χ2n) is 3.61. The van der Waals surface area contributed by atoms with Crippen molar-refractivity contribution in [1.82, 2.24) is 10.2 Å². The maximum Gasteiger partial charge on any atom is 0.131 e. The molecule has 0 saturated carbocycles. The van der Waals surface area contributed by atoms with Gasteiger partial charge in [-0.3, -0.25) is 4.79 Å². The number of piperazine rings is 1. The molecule has 0 spiro atoms. The van der Waals surface area contributed by atoms with E-state index in [9.17, 15) is 4.79 Å². The Labute approximate surface area is 74.1 Å². The molecule has 1 aliphatic heterocycles. The van der Waals surface area contributed by atoms with Crippen molar-refractivity contribution in [3.05, 3.63) is 0 Å². The van der Waals surface area contributed by atoms with Crippen molar-refractivity contribution in [2.24, 2.45) is 0 Å². The number of ketones is 1. The zero-order valence-corrected chi connectivity index (χ0v) is 7.97. The largest absolute Gasteiger partial charge is 0.312 e. The lowest BCUT2D eigenvalue weighted by molar-refractivity contribution is -0.117. The Morgan fingerprint density at radius 3 is 3.00 bits per heavy atom. The SMILES string of the molecule is CC(=O)CCN1CCNC(C)C1. The molecule has 1 aliphatic rings. The maximum atomic E-state index is 10.7. The number of carbonyl (C=O) groups excluding carboxylic acids is 1. The molecule has 1 fully saturated rings. The summed E-state index contributed by atoms with van der Waals surface area (Å²) in [5, 5.41) is 3.37. The number of rotatable bonds is 3. The van der Waals surface area contributed by atoms with E-state index in [1.165, 1.54) is 0 Å². The van der Waals surface area contributed by atoms with Gasteiger partial charge in [0.05, 0.1) is 0 Å². The second kappa shape index (κ2) is 4.58.